The highest BCUT2D eigenvalue weighted by Crippen LogP contribution is 2.36. The second kappa shape index (κ2) is 7.83. The molecule has 1 N–H and O–H groups in total. The predicted molar refractivity (Wildman–Crippen MR) is 109 cm³/mol. The summed E-state index contributed by atoms with van der Waals surface area (Å²) in [5, 5.41) is 14.8. The van der Waals surface area contributed by atoms with Crippen molar-refractivity contribution in [2.75, 3.05) is 26.2 Å². The number of piperidine rings is 1. The predicted octanol–water partition coefficient (Wildman–Crippen LogP) is 3.77. The Labute approximate surface area is 161 Å². The van der Waals surface area contributed by atoms with Crippen LogP contribution in [0.25, 0.3) is 11.1 Å². The zero-order valence-corrected chi connectivity index (χ0v) is 16.1. The molecule has 4 heteroatoms. The minimum Gasteiger partial charge on any atom is -0.392 e. The highest BCUT2D eigenvalue weighted by atomic mass is 16.6. The van der Waals surface area contributed by atoms with Gasteiger partial charge in [0.15, 0.2) is 0 Å². The van der Waals surface area contributed by atoms with E-state index in [0.717, 1.165) is 29.9 Å². The molecule has 1 heterocycles. The van der Waals surface area contributed by atoms with E-state index in [0.29, 0.717) is 18.4 Å². The first-order chi connectivity index (χ1) is 13.1. The third-order valence-electron chi connectivity index (χ3n) is 5.49. The topological polar surface area (TPSA) is 45.1 Å². The molecule has 0 spiro atoms. The van der Waals surface area contributed by atoms with Crippen LogP contribution in [0, 0.1) is 11.8 Å². The second-order valence-corrected chi connectivity index (χ2v) is 8.15. The molecule has 0 aromatic heterocycles. The van der Waals surface area contributed by atoms with Crippen LogP contribution in [0.5, 0.6) is 0 Å². The molecule has 1 aliphatic heterocycles. The number of aliphatic hydroxyl groups is 1. The van der Waals surface area contributed by atoms with Crippen molar-refractivity contribution in [1.29, 1.82) is 0 Å². The number of β-amino-alcohol motifs (C(OH)–C–C–N with tert-alkyl or cyclic N) is 1. The molecule has 27 heavy (non-hydrogen) atoms. The average Bonchev–Trinajstić information content (AvgIpc) is 2.95. The minimum atomic E-state index is -0.529. The van der Waals surface area contributed by atoms with Gasteiger partial charge in [-0.05, 0) is 29.4 Å². The monoisotopic (exact) mass is 364 g/mol. The molecular weight excluding hydrogens is 336 g/mol. The molecule has 1 saturated heterocycles. The highest BCUT2D eigenvalue weighted by Gasteiger charge is 2.25. The number of hydrogen-bond acceptors (Lipinski definition) is 4. The van der Waals surface area contributed by atoms with Gasteiger partial charge in [-0.25, -0.2) is 0 Å². The Kier molecular flexibility index (Phi) is 5.28. The maximum Gasteiger partial charge on any atom is 0.144 e. The fourth-order valence-electron chi connectivity index (χ4n) is 4.57. The number of rotatable bonds is 5. The minimum absolute atomic E-state index is 0.215. The van der Waals surface area contributed by atoms with Crippen LogP contribution in [0.1, 0.15) is 31.4 Å². The maximum atomic E-state index is 10.4. The SMILES string of the molecule is C[C@@H]1C[C@H](C)CN(C[C@H](O)CON=C2c3ccccc3-c3ccccc32)C1. The van der Waals surface area contributed by atoms with Crippen LogP contribution in [0.15, 0.2) is 53.7 Å². The standard InChI is InChI=1S/C23H28N2O2/c1-16-11-17(2)13-25(12-16)14-18(26)15-27-24-23-21-9-5-3-7-19(21)20-8-4-6-10-22(20)23/h3-10,16-18,26H,11-15H2,1-2H3/t16-,17+,18-/m0/s1. The molecule has 4 rings (SSSR count). The summed E-state index contributed by atoms with van der Waals surface area (Å²) in [5.74, 6) is 1.38. The number of hydrogen-bond donors (Lipinski definition) is 1. The third-order valence-corrected chi connectivity index (χ3v) is 5.49. The molecule has 4 nitrogen and oxygen atoms in total. The smallest absolute Gasteiger partial charge is 0.144 e. The summed E-state index contributed by atoms with van der Waals surface area (Å²) in [6.07, 6.45) is 0.744. The normalized spacial score (nSPS) is 22.9. The fourth-order valence-corrected chi connectivity index (χ4v) is 4.57. The van der Waals surface area contributed by atoms with E-state index in [2.05, 4.69) is 48.2 Å². The molecule has 0 radical (unpaired) electrons. The molecule has 3 atom stereocenters. The molecule has 0 amide bonds. The molecular formula is C23H28N2O2. The Morgan fingerprint density at radius 2 is 1.48 bits per heavy atom. The van der Waals surface area contributed by atoms with Crippen LogP contribution in [-0.2, 0) is 4.84 Å². The van der Waals surface area contributed by atoms with Crippen molar-refractivity contribution in [3.05, 3.63) is 59.7 Å². The van der Waals surface area contributed by atoms with Crippen molar-refractivity contribution in [3.63, 3.8) is 0 Å². The summed E-state index contributed by atoms with van der Waals surface area (Å²) in [6, 6.07) is 16.5. The number of oxime groups is 1. The van der Waals surface area contributed by atoms with Crippen molar-refractivity contribution in [1.82, 2.24) is 4.90 Å². The molecule has 1 aliphatic carbocycles. The van der Waals surface area contributed by atoms with Crippen molar-refractivity contribution in [2.24, 2.45) is 17.0 Å². The van der Waals surface area contributed by atoms with Gasteiger partial charge in [0.1, 0.15) is 18.4 Å². The van der Waals surface area contributed by atoms with Gasteiger partial charge in [0, 0.05) is 30.8 Å². The zero-order chi connectivity index (χ0) is 18.8. The number of likely N-dealkylation sites (tertiary alicyclic amines) is 1. The largest absolute Gasteiger partial charge is 0.392 e. The summed E-state index contributed by atoms with van der Waals surface area (Å²) in [6.45, 7) is 7.53. The van der Waals surface area contributed by atoms with Crippen molar-refractivity contribution < 1.29 is 9.94 Å². The Bertz CT molecular complexity index is 775. The lowest BCUT2D eigenvalue weighted by atomic mass is 9.92. The van der Waals surface area contributed by atoms with Crippen molar-refractivity contribution in [3.8, 4) is 11.1 Å². The lowest BCUT2D eigenvalue weighted by Crippen LogP contribution is -2.43. The van der Waals surface area contributed by atoms with Crippen LogP contribution in [0.2, 0.25) is 0 Å². The zero-order valence-electron chi connectivity index (χ0n) is 16.1. The molecule has 0 saturated carbocycles. The fraction of sp³-hybridized carbons (Fsp3) is 0.435. The molecule has 2 aromatic rings. The van der Waals surface area contributed by atoms with Crippen molar-refractivity contribution >= 4 is 5.71 Å². The van der Waals surface area contributed by atoms with E-state index < -0.39 is 6.10 Å². The maximum absolute atomic E-state index is 10.4. The molecule has 1 fully saturated rings. The van der Waals surface area contributed by atoms with Crippen LogP contribution in [0.4, 0.5) is 0 Å². The van der Waals surface area contributed by atoms with Gasteiger partial charge in [-0.1, -0.05) is 67.5 Å². The first kappa shape index (κ1) is 18.2. The number of aliphatic hydroxyl groups excluding tert-OH is 1. The lowest BCUT2D eigenvalue weighted by Gasteiger charge is -2.35. The van der Waals surface area contributed by atoms with Crippen LogP contribution >= 0.6 is 0 Å². The molecule has 2 aromatic carbocycles. The average molecular weight is 364 g/mol. The van der Waals surface area contributed by atoms with Gasteiger partial charge < -0.3 is 14.8 Å². The van der Waals surface area contributed by atoms with E-state index in [1.165, 1.54) is 17.5 Å². The summed E-state index contributed by atoms with van der Waals surface area (Å²) < 4.78 is 0. The number of fused-ring (bicyclic) bond motifs is 3. The van der Waals surface area contributed by atoms with E-state index in [-0.39, 0.29) is 6.61 Å². The summed E-state index contributed by atoms with van der Waals surface area (Å²) >= 11 is 0. The van der Waals surface area contributed by atoms with E-state index in [1.807, 2.05) is 24.3 Å². The molecule has 0 bridgehead atoms. The van der Waals surface area contributed by atoms with E-state index in [4.69, 9.17) is 4.84 Å². The van der Waals surface area contributed by atoms with Gasteiger partial charge in [-0.3, -0.25) is 0 Å². The number of nitrogens with zero attached hydrogens (tertiary/aromatic N) is 2. The van der Waals surface area contributed by atoms with E-state index in [1.54, 1.807) is 0 Å². The second-order valence-electron chi connectivity index (χ2n) is 8.15. The van der Waals surface area contributed by atoms with Gasteiger partial charge >= 0.3 is 0 Å². The quantitative estimate of drug-likeness (QED) is 0.701. The van der Waals surface area contributed by atoms with E-state index >= 15 is 0 Å². The van der Waals surface area contributed by atoms with Gasteiger partial charge in [0.25, 0.3) is 0 Å². The first-order valence-electron chi connectivity index (χ1n) is 9.91. The Balaban J connectivity index is 1.41. The van der Waals surface area contributed by atoms with Crippen LogP contribution < -0.4 is 0 Å². The van der Waals surface area contributed by atoms with Crippen LogP contribution in [0.3, 0.4) is 0 Å². The highest BCUT2D eigenvalue weighted by molar-refractivity contribution is 6.24. The van der Waals surface area contributed by atoms with Crippen LogP contribution in [-0.4, -0.2) is 48.1 Å². The Morgan fingerprint density at radius 3 is 2.04 bits per heavy atom. The van der Waals surface area contributed by atoms with Gasteiger partial charge in [-0.15, -0.1) is 0 Å². The first-order valence-corrected chi connectivity index (χ1v) is 9.91. The lowest BCUT2D eigenvalue weighted by molar-refractivity contribution is 0.00660. The summed E-state index contributed by atoms with van der Waals surface area (Å²) in [5.41, 5.74) is 5.41. The van der Waals surface area contributed by atoms with Crippen molar-refractivity contribution in [2.45, 2.75) is 26.4 Å². The Morgan fingerprint density at radius 1 is 0.963 bits per heavy atom. The van der Waals surface area contributed by atoms with E-state index in [9.17, 15) is 5.11 Å². The van der Waals surface area contributed by atoms with Gasteiger partial charge in [0.05, 0.1) is 0 Å². The third kappa shape index (κ3) is 3.92. The summed E-state index contributed by atoms with van der Waals surface area (Å²) in [7, 11) is 0. The molecule has 2 aliphatic rings. The van der Waals surface area contributed by atoms with Gasteiger partial charge in [0.2, 0.25) is 0 Å². The number of benzene rings is 2. The molecule has 142 valence electrons. The van der Waals surface area contributed by atoms with Gasteiger partial charge in [-0.2, -0.15) is 0 Å². The molecule has 0 unspecified atom stereocenters. The summed E-state index contributed by atoms with van der Waals surface area (Å²) in [4.78, 5) is 7.95. The Hall–Kier alpha value is -2.17.